The summed E-state index contributed by atoms with van der Waals surface area (Å²) in [7, 11) is 0. The Bertz CT molecular complexity index is 750. The topological polar surface area (TPSA) is 41.8 Å². The van der Waals surface area contributed by atoms with Gasteiger partial charge in [0.2, 0.25) is 5.78 Å². The molecule has 2 heterocycles. The van der Waals surface area contributed by atoms with Crippen LogP contribution in [0.25, 0.3) is 0 Å². The van der Waals surface area contributed by atoms with Crippen molar-refractivity contribution in [2.75, 3.05) is 13.1 Å². The summed E-state index contributed by atoms with van der Waals surface area (Å²) < 4.78 is 0. The Kier molecular flexibility index (Phi) is 3.19. The van der Waals surface area contributed by atoms with E-state index in [-0.39, 0.29) is 5.78 Å². The minimum absolute atomic E-state index is 0.0423. The summed E-state index contributed by atoms with van der Waals surface area (Å²) in [5, 5.41) is 0. The van der Waals surface area contributed by atoms with Gasteiger partial charge in [0, 0.05) is 24.2 Å². The van der Waals surface area contributed by atoms with Gasteiger partial charge < -0.3 is 0 Å². The van der Waals surface area contributed by atoms with Crippen molar-refractivity contribution in [3.05, 3.63) is 70.8 Å². The van der Waals surface area contributed by atoms with Crippen LogP contribution in [0.5, 0.6) is 0 Å². The monoisotopic (exact) mass is 288 g/mol. The maximum Gasteiger partial charge on any atom is 0.229 e. The largest absolute Gasteiger partial charge is 0.285 e. The first-order chi connectivity index (χ1) is 10.8. The van der Waals surface area contributed by atoms with Crippen LogP contribution in [0.2, 0.25) is 0 Å². The van der Waals surface area contributed by atoms with E-state index in [1.807, 2.05) is 36.4 Å². The van der Waals surface area contributed by atoms with Crippen LogP contribution in [-0.4, -0.2) is 30.3 Å². The molecule has 0 saturated heterocycles. The smallest absolute Gasteiger partial charge is 0.229 e. The first kappa shape index (κ1) is 13.1. The van der Waals surface area contributed by atoms with E-state index < -0.39 is 0 Å². The molecular weight excluding hydrogens is 272 g/mol. The second-order valence-corrected chi connectivity index (χ2v) is 5.60. The Morgan fingerprint density at radius 2 is 1.18 bits per heavy atom. The van der Waals surface area contributed by atoms with Crippen LogP contribution >= 0.6 is 0 Å². The molecule has 2 aliphatic rings. The fraction of sp³-hybridized carbons (Fsp3) is 0.211. The Morgan fingerprint density at radius 1 is 0.727 bits per heavy atom. The van der Waals surface area contributed by atoms with Crippen LogP contribution in [0.3, 0.4) is 0 Å². The van der Waals surface area contributed by atoms with Crippen molar-refractivity contribution in [2.45, 2.75) is 12.8 Å². The molecular formula is C19H16N2O. The van der Waals surface area contributed by atoms with Crippen LogP contribution < -0.4 is 0 Å². The number of rotatable bonds is 2. The number of hydrogen-bond donors (Lipinski definition) is 0. The van der Waals surface area contributed by atoms with Crippen LogP contribution in [-0.2, 0) is 17.6 Å². The predicted octanol–water partition coefficient (Wildman–Crippen LogP) is 2.65. The number of aliphatic imine (C=N–C) groups is 2. The normalized spacial score (nSPS) is 16.2. The summed E-state index contributed by atoms with van der Waals surface area (Å²) in [6, 6.07) is 16.1. The molecule has 3 nitrogen and oxygen atoms in total. The molecule has 0 aromatic heterocycles. The molecule has 2 aromatic carbocycles. The van der Waals surface area contributed by atoms with Gasteiger partial charge in [0.05, 0.1) is 0 Å². The minimum Gasteiger partial charge on any atom is -0.285 e. The molecule has 0 saturated carbocycles. The summed E-state index contributed by atoms with van der Waals surface area (Å²) in [6.07, 6.45) is 1.80. The molecule has 0 spiro atoms. The molecule has 2 aromatic rings. The van der Waals surface area contributed by atoms with Crippen LogP contribution in [0.1, 0.15) is 22.3 Å². The first-order valence-corrected chi connectivity index (χ1v) is 7.65. The predicted molar refractivity (Wildman–Crippen MR) is 88.1 cm³/mol. The molecule has 3 heteroatoms. The highest BCUT2D eigenvalue weighted by Gasteiger charge is 2.27. The maximum atomic E-state index is 13.0. The average molecular weight is 288 g/mol. The molecule has 0 unspecified atom stereocenters. The molecule has 0 bridgehead atoms. The number of hydrogen-bond acceptors (Lipinski definition) is 3. The molecule has 108 valence electrons. The molecule has 0 amide bonds. The van der Waals surface area contributed by atoms with E-state index in [1.165, 1.54) is 11.1 Å². The SMILES string of the molecule is O=C(C1=NCCc2ccccc21)C1=NCCc2ccccc21. The molecule has 0 atom stereocenters. The van der Waals surface area contributed by atoms with E-state index in [2.05, 4.69) is 22.1 Å². The van der Waals surface area contributed by atoms with Crippen LogP contribution in [0, 0.1) is 0 Å². The van der Waals surface area contributed by atoms with E-state index in [0.717, 1.165) is 24.0 Å². The van der Waals surface area contributed by atoms with Gasteiger partial charge in [-0.1, -0.05) is 48.5 Å². The number of Topliss-reactive ketones (excluding diaryl/α,β-unsaturated/α-hetero) is 1. The zero-order valence-corrected chi connectivity index (χ0v) is 12.2. The van der Waals surface area contributed by atoms with Gasteiger partial charge in [0.1, 0.15) is 11.4 Å². The number of ketones is 1. The summed E-state index contributed by atoms with van der Waals surface area (Å²) in [6.45, 7) is 1.35. The standard InChI is InChI=1S/C19H16N2O/c22-19(17-15-7-3-1-5-13(15)9-11-20-17)18-16-8-4-2-6-14(16)10-12-21-18/h1-8H,9-12H2. The number of nitrogens with zero attached hydrogens (tertiary/aromatic N) is 2. The number of carbonyl (C=O) groups is 1. The average Bonchev–Trinajstić information content (AvgIpc) is 2.60. The number of fused-ring (bicyclic) bond motifs is 2. The van der Waals surface area contributed by atoms with E-state index in [1.54, 1.807) is 0 Å². The lowest BCUT2D eigenvalue weighted by Gasteiger charge is -2.19. The second kappa shape index (κ2) is 5.34. The van der Waals surface area contributed by atoms with Crippen LogP contribution in [0.15, 0.2) is 58.5 Å². The van der Waals surface area contributed by atoms with Gasteiger partial charge in [-0.25, -0.2) is 0 Å². The maximum absolute atomic E-state index is 13.0. The lowest BCUT2D eigenvalue weighted by atomic mass is 9.89. The highest BCUT2D eigenvalue weighted by atomic mass is 16.1. The summed E-state index contributed by atoms with van der Waals surface area (Å²) >= 11 is 0. The zero-order valence-electron chi connectivity index (χ0n) is 12.2. The van der Waals surface area contributed by atoms with E-state index in [9.17, 15) is 4.79 Å². The molecule has 0 radical (unpaired) electrons. The third-order valence-corrected chi connectivity index (χ3v) is 4.28. The molecule has 2 aliphatic heterocycles. The third-order valence-electron chi connectivity index (χ3n) is 4.28. The molecule has 4 rings (SSSR count). The van der Waals surface area contributed by atoms with Gasteiger partial charge in [-0.05, 0) is 24.0 Å². The fourth-order valence-corrected chi connectivity index (χ4v) is 3.19. The summed E-state index contributed by atoms with van der Waals surface area (Å²) in [5.41, 5.74) is 5.46. The van der Waals surface area contributed by atoms with Gasteiger partial charge in [-0.2, -0.15) is 0 Å². The molecule has 0 N–H and O–H groups in total. The van der Waals surface area contributed by atoms with Gasteiger partial charge in [-0.15, -0.1) is 0 Å². The second-order valence-electron chi connectivity index (χ2n) is 5.60. The van der Waals surface area contributed by atoms with Crippen molar-refractivity contribution in [1.82, 2.24) is 0 Å². The summed E-state index contributed by atoms with van der Waals surface area (Å²) in [5.74, 6) is -0.0423. The highest BCUT2D eigenvalue weighted by molar-refractivity contribution is 6.72. The Balaban J connectivity index is 1.77. The van der Waals surface area contributed by atoms with Crippen molar-refractivity contribution in [3.63, 3.8) is 0 Å². The number of carbonyl (C=O) groups excluding carboxylic acids is 1. The van der Waals surface area contributed by atoms with Crippen LogP contribution in [0.4, 0.5) is 0 Å². The third kappa shape index (κ3) is 2.10. The van der Waals surface area contributed by atoms with Crippen molar-refractivity contribution in [3.8, 4) is 0 Å². The van der Waals surface area contributed by atoms with E-state index in [0.29, 0.717) is 24.5 Å². The highest BCUT2D eigenvalue weighted by Crippen LogP contribution is 2.21. The minimum atomic E-state index is -0.0423. The lowest BCUT2D eigenvalue weighted by Crippen LogP contribution is -2.31. The molecule has 0 fully saturated rings. The van der Waals surface area contributed by atoms with Crippen molar-refractivity contribution < 1.29 is 4.79 Å². The molecule has 0 aliphatic carbocycles. The van der Waals surface area contributed by atoms with E-state index >= 15 is 0 Å². The first-order valence-electron chi connectivity index (χ1n) is 7.65. The lowest BCUT2D eigenvalue weighted by molar-refractivity contribution is -0.107. The summed E-state index contributed by atoms with van der Waals surface area (Å²) in [4.78, 5) is 22.0. The van der Waals surface area contributed by atoms with Gasteiger partial charge >= 0.3 is 0 Å². The van der Waals surface area contributed by atoms with Gasteiger partial charge in [0.25, 0.3) is 0 Å². The van der Waals surface area contributed by atoms with Gasteiger partial charge in [-0.3, -0.25) is 14.8 Å². The van der Waals surface area contributed by atoms with Crippen molar-refractivity contribution >= 4 is 17.2 Å². The van der Waals surface area contributed by atoms with Crippen molar-refractivity contribution in [1.29, 1.82) is 0 Å². The quantitative estimate of drug-likeness (QED) is 0.837. The van der Waals surface area contributed by atoms with Gasteiger partial charge in [0.15, 0.2) is 0 Å². The van der Waals surface area contributed by atoms with E-state index in [4.69, 9.17) is 0 Å². The molecule has 22 heavy (non-hydrogen) atoms. The zero-order chi connectivity index (χ0) is 14.9. The Hall–Kier alpha value is -2.55. The Morgan fingerprint density at radius 3 is 1.68 bits per heavy atom. The van der Waals surface area contributed by atoms with Crippen molar-refractivity contribution in [2.24, 2.45) is 9.98 Å². The number of benzene rings is 2. The fourth-order valence-electron chi connectivity index (χ4n) is 3.19. The Labute approximate surface area is 129 Å².